The van der Waals surface area contributed by atoms with E-state index in [1.54, 1.807) is 13.2 Å². The van der Waals surface area contributed by atoms with Crippen LogP contribution in [0, 0.1) is 6.92 Å². The van der Waals surface area contributed by atoms with Crippen LogP contribution < -0.4 is 14.4 Å². The van der Waals surface area contributed by atoms with Gasteiger partial charge in [-0.3, -0.25) is 4.79 Å². The average molecular weight is 386 g/mol. The highest BCUT2D eigenvalue weighted by Crippen LogP contribution is 2.32. The van der Waals surface area contributed by atoms with E-state index in [9.17, 15) is 4.79 Å². The highest BCUT2D eigenvalue weighted by Gasteiger charge is 2.28. The minimum absolute atomic E-state index is 0.00725. The number of rotatable bonds is 6. The summed E-state index contributed by atoms with van der Waals surface area (Å²) in [7, 11) is 3.14. The highest BCUT2D eigenvalue weighted by molar-refractivity contribution is 5.78. The average Bonchev–Trinajstić information content (AvgIpc) is 2.69. The molecule has 1 aromatic heterocycles. The number of ether oxygens (including phenoxy) is 3. The molecular weight excluding hydrogens is 360 g/mol. The van der Waals surface area contributed by atoms with Gasteiger partial charge in [0, 0.05) is 38.9 Å². The molecule has 0 aliphatic carbocycles. The summed E-state index contributed by atoms with van der Waals surface area (Å²) in [6.45, 7) is 6.11. The van der Waals surface area contributed by atoms with Gasteiger partial charge in [0.1, 0.15) is 18.8 Å². The lowest BCUT2D eigenvalue weighted by Crippen LogP contribution is -2.55. The zero-order valence-electron chi connectivity index (χ0n) is 16.7. The Kier molecular flexibility index (Phi) is 6.30. The first-order valence-corrected chi connectivity index (χ1v) is 9.19. The van der Waals surface area contributed by atoms with Crippen LogP contribution in [0.3, 0.4) is 0 Å². The third kappa shape index (κ3) is 4.51. The molecule has 2 aromatic rings. The second-order valence-electron chi connectivity index (χ2n) is 6.79. The normalized spacial score (nSPS) is 16.8. The van der Waals surface area contributed by atoms with Gasteiger partial charge >= 0.3 is 0 Å². The first-order valence-electron chi connectivity index (χ1n) is 9.19. The standard InChI is InChI=1S/C20H26N4O4/c1-14-5-6-16(17(9-14)27-4)28-19-10-18(21-13-22-19)23-7-8-24(15(2)11-23)20(25)12-26-3/h5-6,9-10,13,15H,7-8,11-12H2,1-4H3. The quantitative estimate of drug-likeness (QED) is 0.754. The number of carbonyl (C=O) groups is 1. The Morgan fingerprint density at radius 2 is 2.00 bits per heavy atom. The molecule has 0 bridgehead atoms. The number of benzene rings is 1. The van der Waals surface area contributed by atoms with E-state index in [1.807, 2.05) is 36.9 Å². The lowest BCUT2D eigenvalue weighted by atomic mass is 10.2. The Bertz CT molecular complexity index is 830. The fraction of sp³-hybridized carbons (Fsp3) is 0.450. The molecule has 150 valence electrons. The Hall–Kier alpha value is -2.87. The minimum Gasteiger partial charge on any atom is -0.493 e. The fourth-order valence-electron chi connectivity index (χ4n) is 3.27. The Morgan fingerprint density at radius 1 is 1.18 bits per heavy atom. The van der Waals surface area contributed by atoms with Gasteiger partial charge in [-0.2, -0.15) is 0 Å². The van der Waals surface area contributed by atoms with Crippen molar-refractivity contribution >= 4 is 11.7 Å². The summed E-state index contributed by atoms with van der Waals surface area (Å²) in [5.74, 6) is 2.47. The van der Waals surface area contributed by atoms with Crippen molar-refractivity contribution in [2.24, 2.45) is 0 Å². The molecule has 2 heterocycles. The third-order valence-corrected chi connectivity index (χ3v) is 4.70. The molecule has 1 aromatic carbocycles. The number of methoxy groups -OCH3 is 2. The second-order valence-corrected chi connectivity index (χ2v) is 6.79. The summed E-state index contributed by atoms with van der Waals surface area (Å²) in [6.07, 6.45) is 1.48. The van der Waals surface area contributed by atoms with E-state index in [2.05, 4.69) is 14.9 Å². The van der Waals surface area contributed by atoms with Gasteiger partial charge in [-0.05, 0) is 31.5 Å². The molecule has 1 fully saturated rings. The summed E-state index contributed by atoms with van der Waals surface area (Å²) in [5.41, 5.74) is 1.09. The minimum atomic E-state index is 0.00725. The monoisotopic (exact) mass is 386 g/mol. The van der Waals surface area contributed by atoms with Gasteiger partial charge in [0.05, 0.1) is 7.11 Å². The predicted molar refractivity (Wildman–Crippen MR) is 105 cm³/mol. The predicted octanol–water partition coefficient (Wildman–Crippen LogP) is 2.27. The van der Waals surface area contributed by atoms with Gasteiger partial charge in [0.2, 0.25) is 11.8 Å². The maximum atomic E-state index is 12.1. The van der Waals surface area contributed by atoms with Crippen molar-refractivity contribution in [1.29, 1.82) is 0 Å². The highest BCUT2D eigenvalue weighted by atomic mass is 16.5. The first kappa shape index (κ1) is 19.9. The van der Waals surface area contributed by atoms with Crippen molar-refractivity contribution in [2.45, 2.75) is 19.9 Å². The van der Waals surface area contributed by atoms with Gasteiger partial charge in [0.15, 0.2) is 11.5 Å². The Morgan fingerprint density at radius 3 is 2.71 bits per heavy atom. The molecule has 1 amide bonds. The van der Waals surface area contributed by atoms with Crippen LogP contribution in [0.2, 0.25) is 0 Å². The van der Waals surface area contributed by atoms with E-state index in [1.165, 1.54) is 13.4 Å². The van der Waals surface area contributed by atoms with Crippen LogP contribution in [0.1, 0.15) is 12.5 Å². The summed E-state index contributed by atoms with van der Waals surface area (Å²) >= 11 is 0. The van der Waals surface area contributed by atoms with Crippen molar-refractivity contribution in [3.63, 3.8) is 0 Å². The molecule has 0 radical (unpaired) electrons. The van der Waals surface area contributed by atoms with Crippen molar-refractivity contribution in [3.8, 4) is 17.4 Å². The number of hydrogen-bond donors (Lipinski definition) is 0. The second kappa shape index (κ2) is 8.88. The number of hydrogen-bond acceptors (Lipinski definition) is 7. The lowest BCUT2D eigenvalue weighted by molar-refractivity contribution is -0.137. The molecular formula is C20H26N4O4. The van der Waals surface area contributed by atoms with Gasteiger partial charge < -0.3 is 24.0 Å². The number of amides is 1. The number of nitrogens with zero attached hydrogens (tertiary/aromatic N) is 4. The van der Waals surface area contributed by atoms with Crippen LogP contribution in [0.4, 0.5) is 5.82 Å². The van der Waals surface area contributed by atoms with Gasteiger partial charge in [-0.1, -0.05) is 6.07 Å². The number of aryl methyl sites for hydroxylation is 1. The summed E-state index contributed by atoms with van der Waals surface area (Å²) in [4.78, 5) is 24.7. The van der Waals surface area contributed by atoms with E-state index in [0.29, 0.717) is 37.0 Å². The molecule has 0 N–H and O–H groups in total. The van der Waals surface area contributed by atoms with E-state index >= 15 is 0 Å². The number of carbonyl (C=O) groups excluding carboxylic acids is 1. The summed E-state index contributed by atoms with van der Waals surface area (Å²) in [6, 6.07) is 7.59. The van der Waals surface area contributed by atoms with Crippen LogP contribution in [0.5, 0.6) is 17.4 Å². The molecule has 1 aliphatic heterocycles. The van der Waals surface area contributed by atoms with Crippen molar-refractivity contribution < 1.29 is 19.0 Å². The van der Waals surface area contributed by atoms with E-state index < -0.39 is 0 Å². The SMILES string of the molecule is COCC(=O)N1CCN(c2cc(Oc3ccc(C)cc3OC)ncn2)CC1C. The van der Waals surface area contributed by atoms with Crippen LogP contribution in [-0.4, -0.2) is 67.3 Å². The van der Waals surface area contributed by atoms with Crippen molar-refractivity contribution in [1.82, 2.24) is 14.9 Å². The fourth-order valence-corrected chi connectivity index (χ4v) is 3.27. The van der Waals surface area contributed by atoms with E-state index in [0.717, 1.165) is 11.4 Å². The van der Waals surface area contributed by atoms with E-state index in [-0.39, 0.29) is 18.6 Å². The van der Waals surface area contributed by atoms with Crippen LogP contribution in [0.25, 0.3) is 0 Å². The molecule has 1 atom stereocenters. The maximum absolute atomic E-state index is 12.1. The summed E-state index contributed by atoms with van der Waals surface area (Å²) in [5, 5.41) is 0. The van der Waals surface area contributed by atoms with Gasteiger partial charge in [0.25, 0.3) is 0 Å². The maximum Gasteiger partial charge on any atom is 0.248 e. The van der Waals surface area contributed by atoms with Gasteiger partial charge in [-0.15, -0.1) is 0 Å². The third-order valence-electron chi connectivity index (χ3n) is 4.70. The molecule has 1 aliphatic rings. The molecule has 0 saturated carbocycles. The molecule has 1 unspecified atom stereocenters. The zero-order chi connectivity index (χ0) is 20.1. The van der Waals surface area contributed by atoms with Crippen LogP contribution in [-0.2, 0) is 9.53 Å². The molecule has 8 heteroatoms. The summed E-state index contributed by atoms with van der Waals surface area (Å²) < 4.78 is 16.3. The zero-order valence-corrected chi connectivity index (χ0v) is 16.7. The largest absolute Gasteiger partial charge is 0.493 e. The Balaban J connectivity index is 1.71. The van der Waals surface area contributed by atoms with Crippen molar-refractivity contribution in [2.75, 3.05) is 45.4 Å². The van der Waals surface area contributed by atoms with E-state index in [4.69, 9.17) is 14.2 Å². The molecule has 1 saturated heterocycles. The number of anilines is 1. The molecule has 3 rings (SSSR count). The van der Waals surface area contributed by atoms with Crippen LogP contribution in [0.15, 0.2) is 30.6 Å². The Labute approximate surface area is 165 Å². The first-order chi connectivity index (χ1) is 13.5. The lowest BCUT2D eigenvalue weighted by Gasteiger charge is -2.40. The van der Waals surface area contributed by atoms with Gasteiger partial charge in [-0.25, -0.2) is 9.97 Å². The smallest absolute Gasteiger partial charge is 0.248 e. The van der Waals surface area contributed by atoms with Crippen molar-refractivity contribution in [3.05, 3.63) is 36.2 Å². The number of aromatic nitrogens is 2. The molecule has 0 spiro atoms. The molecule has 28 heavy (non-hydrogen) atoms. The molecule has 8 nitrogen and oxygen atoms in total. The van der Waals surface area contributed by atoms with Crippen LogP contribution >= 0.6 is 0 Å². The topological polar surface area (TPSA) is 77.0 Å². The number of piperazine rings is 1.